The summed E-state index contributed by atoms with van der Waals surface area (Å²) in [5.74, 6) is -0.219. The normalized spacial score (nSPS) is 13.6. The quantitative estimate of drug-likeness (QED) is 0.470. The largest absolute Gasteiger partial charge is 0.390 e. The summed E-state index contributed by atoms with van der Waals surface area (Å²) >= 11 is 1.13. The minimum Gasteiger partial charge on any atom is -0.390 e. The third kappa shape index (κ3) is 5.30. The van der Waals surface area contributed by atoms with Crippen LogP contribution in [0.25, 0.3) is 0 Å². The van der Waals surface area contributed by atoms with Gasteiger partial charge in [-0.2, -0.15) is 0 Å². The molecule has 0 aliphatic rings. The van der Waals surface area contributed by atoms with Crippen molar-refractivity contribution in [3.05, 3.63) is 46.8 Å². The molecule has 2 rings (SSSR count). The molecule has 0 fully saturated rings. The third-order valence-electron chi connectivity index (χ3n) is 3.94. The topological polar surface area (TPSA) is 105 Å². The van der Waals surface area contributed by atoms with Crippen LogP contribution in [0.1, 0.15) is 25.0 Å². The van der Waals surface area contributed by atoms with E-state index in [1.54, 1.807) is 11.4 Å². The molecular formula is C18H25N3O3S2. The number of anilines is 1. The standard InChI is InChI=1S/C18H25N3O3S2/c1-3-13-7-5-8-14(4-2)17(13)21-18(19)20-11-15(22)12-26(23,24)16-9-6-10-25-16/h5-10,15,22H,3-4,11-12H2,1-2H3,(H3,19,20,21). The molecule has 1 aromatic heterocycles. The zero-order valence-electron chi connectivity index (χ0n) is 15.0. The van der Waals surface area contributed by atoms with Crippen molar-refractivity contribution < 1.29 is 13.5 Å². The van der Waals surface area contributed by atoms with E-state index >= 15 is 0 Å². The molecule has 26 heavy (non-hydrogen) atoms. The van der Waals surface area contributed by atoms with Crippen LogP contribution in [0.4, 0.5) is 5.69 Å². The fourth-order valence-corrected chi connectivity index (χ4v) is 5.07. The molecule has 0 saturated heterocycles. The lowest BCUT2D eigenvalue weighted by molar-refractivity contribution is 0.206. The molecule has 0 aliphatic carbocycles. The number of aliphatic hydroxyl groups is 1. The van der Waals surface area contributed by atoms with Gasteiger partial charge in [-0.1, -0.05) is 38.1 Å². The van der Waals surface area contributed by atoms with Gasteiger partial charge in [-0.05, 0) is 35.4 Å². The van der Waals surface area contributed by atoms with E-state index < -0.39 is 15.9 Å². The Morgan fingerprint density at radius 3 is 2.42 bits per heavy atom. The predicted octanol–water partition coefficient (Wildman–Crippen LogP) is 2.43. The summed E-state index contributed by atoms with van der Waals surface area (Å²) < 4.78 is 24.6. The van der Waals surface area contributed by atoms with E-state index in [2.05, 4.69) is 24.2 Å². The van der Waals surface area contributed by atoms with Gasteiger partial charge in [-0.15, -0.1) is 11.3 Å². The first kappa shape index (κ1) is 20.4. The van der Waals surface area contributed by atoms with Gasteiger partial charge in [-0.25, -0.2) is 8.42 Å². The molecule has 4 N–H and O–H groups in total. The molecule has 0 radical (unpaired) electrons. The molecule has 1 heterocycles. The number of para-hydroxylation sites is 1. The average Bonchev–Trinajstić information content (AvgIpc) is 3.15. The SMILES string of the molecule is CCc1cccc(CC)c1NC(N)=NCC(O)CS(=O)(=O)c1cccs1. The highest BCUT2D eigenvalue weighted by molar-refractivity contribution is 7.93. The number of thiophene rings is 1. The summed E-state index contributed by atoms with van der Waals surface area (Å²) in [5, 5.41) is 14.8. The van der Waals surface area contributed by atoms with E-state index in [4.69, 9.17) is 5.73 Å². The molecular weight excluding hydrogens is 370 g/mol. The smallest absolute Gasteiger partial charge is 0.193 e. The zero-order valence-corrected chi connectivity index (χ0v) is 16.6. The Bertz CT molecular complexity index is 824. The van der Waals surface area contributed by atoms with Crippen LogP contribution >= 0.6 is 11.3 Å². The Hall–Kier alpha value is -1.90. The van der Waals surface area contributed by atoms with Gasteiger partial charge in [0.2, 0.25) is 0 Å². The van der Waals surface area contributed by atoms with Crippen LogP contribution in [0.2, 0.25) is 0 Å². The lowest BCUT2D eigenvalue weighted by Gasteiger charge is -2.15. The Balaban J connectivity index is 2.03. The van der Waals surface area contributed by atoms with Crippen molar-refractivity contribution in [3.63, 3.8) is 0 Å². The number of aliphatic hydroxyl groups excluding tert-OH is 1. The Labute approximate surface area is 158 Å². The van der Waals surface area contributed by atoms with Crippen LogP contribution in [-0.2, 0) is 22.7 Å². The monoisotopic (exact) mass is 395 g/mol. The summed E-state index contributed by atoms with van der Waals surface area (Å²) in [6.07, 6.45) is 0.588. The maximum atomic E-state index is 12.2. The Morgan fingerprint density at radius 1 is 1.23 bits per heavy atom. The lowest BCUT2D eigenvalue weighted by atomic mass is 10.0. The first-order chi connectivity index (χ1) is 12.4. The predicted molar refractivity (Wildman–Crippen MR) is 108 cm³/mol. The van der Waals surface area contributed by atoms with E-state index in [1.807, 2.05) is 18.2 Å². The number of nitrogens with two attached hydrogens (primary N) is 1. The second-order valence-electron chi connectivity index (χ2n) is 5.88. The van der Waals surface area contributed by atoms with Crippen molar-refractivity contribution >= 4 is 32.8 Å². The molecule has 8 heteroatoms. The lowest BCUT2D eigenvalue weighted by Crippen LogP contribution is -2.28. The second kappa shape index (κ2) is 9.16. The number of aliphatic imine (C=N–C) groups is 1. The molecule has 0 bridgehead atoms. The van der Waals surface area contributed by atoms with E-state index in [0.717, 1.165) is 41.0 Å². The summed E-state index contributed by atoms with van der Waals surface area (Å²) in [6, 6.07) is 9.25. The van der Waals surface area contributed by atoms with Crippen LogP contribution in [-0.4, -0.2) is 37.9 Å². The Morgan fingerprint density at radius 2 is 1.88 bits per heavy atom. The number of benzene rings is 1. The fourth-order valence-electron chi connectivity index (χ4n) is 2.60. The number of sulfone groups is 1. The van der Waals surface area contributed by atoms with E-state index in [1.165, 1.54) is 6.07 Å². The van der Waals surface area contributed by atoms with Gasteiger partial charge >= 0.3 is 0 Å². The van der Waals surface area contributed by atoms with Crippen LogP contribution in [0.5, 0.6) is 0 Å². The first-order valence-corrected chi connectivity index (χ1v) is 11.0. The summed E-state index contributed by atoms with van der Waals surface area (Å²) in [4.78, 5) is 4.11. The highest BCUT2D eigenvalue weighted by Gasteiger charge is 2.20. The van der Waals surface area contributed by atoms with E-state index in [-0.39, 0.29) is 22.5 Å². The Kier molecular flexibility index (Phi) is 7.19. The second-order valence-corrected chi connectivity index (χ2v) is 9.09. The van der Waals surface area contributed by atoms with Crippen molar-refractivity contribution in [2.75, 3.05) is 17.6 Å². The van der Waals surface area contributed by atoms with Crippen molar-refractivity contribution in [1.82, 2.24) is 0 Å². The van der Waals surface area contributed by atoms with Gasteiger partial charge in [0.1, 0.15) is 4.21 Å². The van der Waals surface area contributed by atoms with Gasteiger partial charge < -0.3 is 16.2 Å². The van der Waals surface area contributed by atoms with Crippen LogP contribution in [0.3, 0.4) is 0 Å². The molecule has 0 aliphatic heterocycles. The maximum Gasteiger partial charge on any atom is 0.193 e. The molecule has 0 spiro atoms. The van der Waals surface area contributed by atoms with Crippen LogP contribution in [0.15, 0.2) is 44.9 Å². The minimum atomic E-state index is -3.51. The highest BCUT2D eigenvalue weighted by Crippen LogP contribution is 2.22. The van der Waals surface area contributed by atoms with Crippen molar-refractivity contribution in [2.24, 2.45) is 10.7 Å². The highest BCUT2D eigenvalue weighted by atomic mass is 32.2. The zero-order chi connectivity index (χ0) is 19.2. The summed E-state index contributed by atoms with van der Waals surface area (Å²) in [6.45, 7) is 4.04. The third-order valence-corrected chi connectivity index (χ3v) is 7.22. The number of nitrogens with one attached hydrogen (secondary N) is 1. The maximum absolute atomic E-state index is 12.2. The molecule has 6 nitrogen and oxygen atoms in total. The van der Waals surface area contributed by atoms with Gasteiger partial charge in [0.05, 0.1) is 18.4 Å². The molecule has 0 saturated carbocycles. The number of nitrogens with zero attached hydrogens (tertiary/aromatic N) is 1. The number of hydrogen-bond acceptors (Lipinski definition) is 5. The molecule has 142 valence electrons. The van der Waals surface area contributed by atoms with Crippen LogP contribution < -0.4 is 11.1 Å². The molecule has 0 amide bonds. The molecule has 2 aromatic rings. The average molecular weight is 396 g/mol. The molecule has 1 unspecified atom stereocenters. The van der Waals surface area contributed by atoms with Crippen LogP contribution in [0, 0.1) is 0 Å². The summed E-state index contributed by atoms with van der Waals surface area (Å²) in [5.41, 5.74) is 9.13. The number of rotatable bonds is 8. The number of guanidine groups is 1. The summed E-state index contributed by atoms with van der Waals surface area (Å²) in [7, 11) is -3.51. The van der Waals surface area contributed by atoms with Crippen molar-refractivity contribution in [1.29, 1.82) is 0 Å². The van der Waals surface area contributed by atoms with Gasteiger partial charge in [-0.3, -0.25) is 4.99 Å². The van der Waals surface area contributed by atoms with E-state index in [0.29, 0.717) is 0 Å². The van der Waals surface area contributed by atoms with E-state index in [9.17, 15) is 13.5 Å². The van der Waals surface area contributed by atoms with Gasteiger partial charge in [0, 0.05) is 5.69 Å². The van der Waals surface area contributed by atoms with Gasteiger partial charge in [0.15, 0.2) is 15.8 Å². The van der Waals surface area contributed by atoms with Crippen molar-refractivity contribution in [2.45, 2.75) is 37.0 Å². The fraction of sp³-hybridized carbons (Fsp3) is 0.389. The first-order valence-electron chi connectivity index (χ1n) is 8.49. The van der Waals surface area contributed by atoms with Gasteiger partial charge in [0.25, 0.3) is 0 Å². The van der Waals surface area contributed by atoms with Crippen molar-refractivity contribution in [3.8, 4) is 0 Å². The molecule has 1 atom stereocenters. The minimum absolute atomic E-state index is 0.0841. The molecule has 1 aromatic carbocycles. The number of aryl methyl sites for hydroxylation is 2. The number of hydrogen-bond donors (Lipinski definition) is 3.